The Hall–Kier alpha value is -1.28. The van der Waals surface area contributed by atoms with E-state index in [1.54, 1.807) is 0 Å². The van der Waals surface area contributed by atoms with E-state index in [0.29, 0.717) is 6.61 Å². The molecule has 17 heavy (non-hydrogen) atoms. The molecule has 0 saturated heterocycles. The van der Waals surface area contributed by atoms with E-state index < -0.39 is 0 Å². The van der Waals surface area contributed by atoms with Gasteiger partial charge in [0.1, 0.15) is 6.61 Å². The highest BCUT2D eigenvalue weighted by atomic mass is 16.5. The molecular formula is C15H23NO. The van der Waals surface area contributed by atoms with Crippen LogP contribution in [0.4, 0.5) is 0 Å². The van der Waals surface area contributed by atoms with E-state index in [0.717, 1.165) is 18.8 Å². The normalized spacial score (nSPS) is 10.2. The largest absolute Gasteiger partial charge is 0.494 e. The molecule has 0 bridgehead atoms. The van der Waals surface area contributed by atoms with Crippen LogP contribution >= 0.6 is 0 Å². The molecule has 2 nitrogen and oxygen atoms in total. The van der Waals surface area contributed by atoms with Crippen LogP contribution < -0.4 is 5.32 Å². The van der Waals surface area contributed by atoms with E-state index in [-0.39, 0.29) is 0 Å². The molecule has 0 aliphatic carbocycles. The lowest BCUT2D eigenvalue weighted by molar-refractivity contribution is 0.202. The molecule has 0 saturated carbocycles. The number of hydrogen-bond acceptors (Lipinski definition) is 2. The van der Waals surface area contributed by atoms with Gasteiger partial charge in [0, 0.05) is 6.54 Å². The average molecular weight is 233 g/mol. The predicted octanol–water partition coefficient (Wildman–Crippen LogP) is 3.63. The third-order valence-corrected chi connectivity index (χ3v) is 2.54. The Labute approximate surface area is 105 Å². The number of rotatable bonds is 8. The summed E-state index contributed by atoms with van der Waals surface area (Å²) in [4.78, 5) is 0. The molecule has 0 unspecified atom stereocenters. The fourth-order valence-corrected chi connectivity index (χ4v) is 1.49. The van der Waals surface area contributed by atoms with Gasteiger partial charge in [-0.3, -0.25) is 0 Å². The zero-order valence-electron chi connectivity index (χ0n) is 11.0. The molecule has 0 aliphatic heterocycles. The molecule has 2 heteroatoms. The van der Waals surface area contributed by atoms with Crippen LogP contribution in [0.1, 0.15) is 37.8 Å². The lowest BCUT2D eigenvalue weighted by Crippen LogP contribution is -2.14. The second-order valence-corrected chi connectivity index (χ2v) is 4.34. The summed E-state index contributed by atoms with van der Waals surface area (Å²) >= 11 is 0. The highest BCUT2D eigenvalue weighted by molar-refractivity contribution is 5.22. The van der Waals surface area contributed by atoms with Crippen molar-refractivity contribution in [2.24, 2.45) is 0 Å². The van der Waals surface area contributed by atoms with E-state index in [1.807, 2.05) is 6.92 Å². The van der Waals surface area contributed by atoms with E-state index in [2.05, 4.69) is 43.1 Å². The molecular weight excluding hydrogens is 210 g/mol. The molecule has 0 heterocycles. The maximum absolute atomic E-state index is 5.37. The van der Waals surface area contributed by atoms with Crippen LogP contribution in [-0.2, 0) is 17.9 Å². The standard InChI is InChI=1S/C15H23NO/c1-4-5-10-16-11-14-6-8-15(9-7-14)12-17-13(2)3/h6-9,16H,2,4-5,10-12H2,1,3H3. The van der Waals surface area contributed by atoms with Gasteiger partial charge in [0.25, 0.3) is 0 Å². The van der Waals surface area contributed by atoms with Gasteiger partial charge in [-0.25, -0.2) is 0 Å². The van der Waals surface area contributed by atoms with Gasteiger partial charge in [-0.1, -0.05) is 44.2 Å². The molecule has 0 fully saturated rings. The van der Waals surface area contributed by atoms with Crippen molar-refractivity contribution >= 4 is 0 Å². The number of benzene rings is 1. The third-order valence-electron chi connectivity index (χ3n) is 2.54. The van der Waals surface area contributed by atoms with Gasteiger partial charge in [0.2, 0.25) is 0 Å². The summed E-state index contributed by atoms with van der Waals surface area (Å²) in [5, 5.41) is 3.43. The molecule has 1 aromatic carbocycles. The van der Waals surface area contributed by atoms with Crippen LogP contribution in [0.5, 0.6) is 0 Å². The van der Waals surface area contributed by atoms with Crippen molar-refractivity contribution in [1.82, 2.24) is 5.32 Å². The van der Waals surface area contributed by atoms with Crippen molar-refractivity contribution in [1.29, 1.82) is 0 Å². The van der Waals surface area contributed by atoms with Crippen LogP contribution in [-0.4, -0.2) is 6.54 Å². The molecule has 1 N–H and O–H groups in total. The van der Waals surface area contributed by atoms with Gasteiger partial charge in [-0.05, 0) is 31.0 Å². The Balaban J connectivity index is 2.31. The minimum Gasteiger partial charge on any atom is -0.494 e. The number of ether oxygens (including phenoxy) is 1. The average Bonchev–Trinajstić information content (AvgIpc) is 2.33. The van der Waals surface area contributed by atoms with Crippen LogP contribution in [0.25, 0.3) is 0 Å². The van der Waals surface area contributed by atoms with Gasteiger partial charge >= 0.3 is 0 Å². The highest BCUT2D eigenvalue weighted by Crippen LogP contribution is 2.07. The maximum atomic E-state index is 5.37. The second kappa shape index (κ2) is 7.91. The first-order valence-electron chi connectivity index (χ1n) is 6.29. The molecule has 0 spiro atoms. The van der Waals surface area contributed by atoms with Gasteiger partial charge in [0.15, 0.2) is 0 Å². The van der Waals surface area contributed by atoms with E-state index in [1.165, 1.54) is 24.0 Å². The summed E-state index contributed by atoms with van der Waals surface area (Å²) in [6, 6.07) is 8.52. The number of nitrogens with one attached hydrogen (secondary N) is 1. The summed E-state index contributed by atoms with van der Waals surface area (Å²) in [5.41, 5.74) is 2.51. The summed E-state index contributed by atoms with van der Waals surface area (Å²) < 4.78 is 5.37. The Kier molecular flexibility index (Phi) is 6.41. The summed E-state index contributed by atoms with van der Waals surface area (Å²) in [6.07, 6.45) is 2.48. The highest BCUT2D eigenvalue weighted by Gasteiger charge is 1.95. The van der Waals surface area contributed by atoms with Crippen LogP contribution in [0, 0.1) is 0 Å². The van der Waals surface area contributed by atoms with Crippen molar-refractivity contribution in [2.45, 2.75) is 39.8 Å². The molecule has 94 valence electrons. The lowest BCUT2D eigenvalue weighted by Gasteiger charge is -2.07. The molecule has 0 atom stereocenters. The maximum Gasteiger partial charge on any atom is 0.113 e. The first-order valence-corrected chi connectivity index (χ1v) is 6.29. The Morgan fingerprint density at radius 1 is 1.24 bits per heavy atom. The van der Waals surface area contributed by atoms with Crippen molar-refractivity contribution < 1.29 is 4.74 Å². The SMILES string of the molecule is C=C(C)OCc1ccc(CNCCCC)cc1. The van der Waals surface area contributed by atoms with Gasteiger partial charge in [-0.2, -0.15) is 0 Å². The monoisotopic (exact) mass is 233 g/mol. The zero-order valence-corrected chi connectivity index (χ0v) is 11.0. The minimum absolute atomic E-state index is 0.610. The third kappa shape index (κ3) is 6.12. The van der Waals surface area contributed by atoms with Gasteiger partial charge in [0.05, 0.1) is 5.76 Å². The zero-order chi connectivity index (χ0) is 12.5. The van der Waals surface area contributed by atoms with E-state index >= 15 is 0 Å². The quantitative estimate of drug-likeness (QED) is 0.547. The second-order valence-electron chi connectivity index (χ2n) is 4.34. The van der Waals surface area contributed by atoms with Crippen molar-refractivity contribution in [3.8, 4) is 0 Å². The summed E-state index contributed by atoms with van der Waals surface area (Å²) in [6.45, 7) is 10.4. The summed E-state index contributed by atoms with van der Waals surface area (Å²) in [5.74, 6) is 0.760. The Bertz CT molecular complexity index is 329. The lowest BCUT2D eigenvalue weighted by atomic mass is 10.1. The van der Waals surface area contributed by atoms with Crippen molar-refractivity contribution in [2.75, 3.05) is 6.54 Å². The Morgan fingerprint density at radius 3 is 2.47 bits per heavy atom. The molecule has 1 aromatic rings. The first-order chi connectivity index (χ1) is 8.22. The smallest absolute Gasteiger partial charge is 0.113 e. The number of allylic oxidation sites excluding steroid dienone is 1. The van der Waals surface area contributed by atoms with E-state index in [4.69, 9.17) is 4.74 Å². The number of unbranched alkanes of at least 4 members (excludes halogenated alkanes) is 1. The fraction of sp³-hybridized carbons (Fsp3) is 0.467. The number of hydrogen-bond donors (Lipinski definition) is 1. The Morgan fingerprint density at radius 2 is 1.88 bits per heavy atom. The fourth-order valence-electron chi connectivity index (χ4n) is 1.49. The van der Waals surface area contributed by atoms with Crippen molar-refractivity contribution in [3.05, 3.63) is 47.7 Å². The molecule has 0 aliphatic rings. The first kappa shape index (κ1) is 13.8. The molecule has 1 rings (SSSR count). The van der Waals surface area contributed by atoms with Crippen LogP contribution in [0.3, 0.4) is 0 Å². The molecule has 0 aromatic heterocycles. The summed E-state index contributed by atoms with van der Waals surface area (Å²) in [7, 11) is 0. The minimum atomic E-state index is 0.610. The predicted molar refractivity (Wildman–Crippen MR) is 72.7 cm³/mol. The van der Waals surface area contributed by atoms with Gasteiger partial charge < -0.3 is 10.1 Å². The molecule has 0 radical (unpaired) electrons. The van der Waals surface area contributed by atoms with Crippen molar-refractivity contribution in [3.63, 3.8) is 0 Å². The van der Waals surface area contributed by atoms with Crippen LogP contribution in [0.2, 0.25) is 0 Å². The molecule has 0 amide bonds. The van der Waals surface area contributed by atoms with Gasteiger partial charge in [-0.15, -0.1) is 0 Å². The topological polar surface area (TPSA) is 21.3 Å². The van der Waals surface area contributed by atoms with Crippen LogP contribution in [0.15, 0.2) is 36.6 Å². The van der Waals surface area contributed by atoms with E-state index in [9.17, 15) is 0 Å².